The first-order valence-electron chi connectivity index (χ1n) is 8.63. The molecular formula is C19H16ClIN4O2S2. The molecule has 10 heteroatoms. The van der Waals surface area contributed by atoms with Crippen LogP contribution in [0.25, 0.3) is 10.2 Å². The van der Waals surface area contributed by atoms with E-state index >= 15 is 0 Å². The van der Waals surface area contributed by atoms with Gasteiger partial charge in [-0.15, -0.1) is 0 Å². The van der Waals surface area contributed by atoms with Crippen molar-refractivity contribution in [3.63, 3.8) is 0 Å². The van der Waals surface area contributed by atoms with Crippen molar-refractivity contribution in [1.82, 2.24) is 10.3 Å². The summed E-state index contributed by atoms with van der Waals surface area (Å²) in [6.07, 6.45) is 1.24. The third kappa shape index (κ3) is 5.84. The summed E-state index contributed by atoms with van der Waals surface area (Å²) in [7, 11) is 0. The van der Waals surface area contributed by atoms with Gasteiger partial charge in [-0.3, -0.25) is 14.9 Å². The molecule has 0 radical (unpaired) electrons. The SMILES string of the molecule is CCCC(=O)Nc1nc2ccc(NC(=S)NC(=O)c3cc(I)ccc3Cl)cc2s1. The zero-order valence-corrected chi connectivity index (χ0v) is 19.8. The third-order valence-electron chi connectivity index (χ3n) is 3.77. The Kier molecular flexibility index (Phi) is 7.38. The lowest BCUT2D eigenvalue weighted by atomic mass is 10.2. The molecular weight excluding hydrogens is 543 g/mol. The molecule has 0 atom stereocenters. The molecule has 1 heterocycles. The smallest absolute Gasteiger partial charge is 0.258 e. The number of thiazole rings is 1. The van der Waals surface area contributed by atoms with Gasteiger partial charge in [0, 0.05) is 15.7 Å². The summed E-state index contributed by atoms with van der Waals surface area (Å²) in [4.78, 5) is 28.6. The van der Waals surface area contributed by atoms with Crippen LogP contribution in [-0.2, 0) is 4.79 Å². The Morgan fingerprint density at radius 3 is 2.76 bits per heavy atom. The van der Waals surface area contributed by atoms with Gasteiger partial charge >= 0.3 is 0 Å². The highest BCUT2D eigenvalue weighted by Gasteiger charge is 2.13. The van der Waals surface area contributed by atoms with Crippen LogP contribution in [0.2, 0.25) is 5.02 Å². The van der Waals surface area contributed by atoms with Crippen molar-refractivity contribution >= 4 is 95.7 Å². The van der Waals surface area contributed by atoms with Gasteiger partial charge < -0.3 is 10.6 Å². The Bertz CT molecular complexity index is 1100. The highest BCUT2D eigenvalue weighted by atomic mass is 127. The fourth-order valence-corrected chi connectivity index (χ4v) is 4.30. The molecule has 150 valence electrons. The minimum absolute atomic E-state index is 0.0528. The first-order chi connectivity index (χ1) is 13.9. The summed E-state index contributed by atoms with van der Waals surface area (Å²) < 4.78 is 1.78. The third-order valence-corrected chi connectivity index (χ3v) is 5.91. The van der Waals surface area contributed by atoms with Gasteiger partial charge in [0.1, 0.15) is 0 Å². The molecule has 0 aliphatic carbocycles. The average Bonchev–Trinajstić information content (AvgIpc) is 3.05. The van der Waals surface area contributed by atoms with Gasteiger partial charge in [-0.1, -0.05) is 29.9 Å². The summed E-state index contributed by atoms with van der Waals surface area (Å²) in [6, 6.07) is 10.7. The first kappa shape index (κ1) is 21.9. The van der Waals surface area contributed by atoms with Gasteiger partial charge in [-0.25, -0.2) is 4.98 Å². The number of amides is 2. The van der Waals surface area contributed by atoms with E-state index in [1.54, 1.807) is 18.2 Å². The molecule has 0 aliphatic rings. The number of anilines is 2. The number of aromatic nitrogens is 1. The molecule has 0 unspecified atom stereocenters. The molecule has 29 heavy (non-hydrogen) atoms. The van der Waals surface area contributed by atoms with Crippen LogP contribution in [-0.4, -0.2) is 21.9 Å². The van der Waals surface area contributed by atoms with Gasteiger partial charge in [-0.05, 0) is 77.6 Å². The average molecular weight is 559 g/mol. The van der Waals surface area contributed by atoms with Gasteiger partial charge in [0.25, 0.3) is 5.91 Å². The monoisotopic (exact) mass is 558 g/mol. The fraction of sp³-hybridized carbons (Fsp3) is 0.158. The van der Waals surface area contributed by atoms with E-state index in [-0.39, 0.29) is 16.9 Å². The van der Waals surface area contributed by atoms with E-state index < -0.39 is 0 Å². The summed E-state index contributed by atoms with van der Waals surface area (Å²) >= 11 is 14.8. The topological polar surface area (TPSA) is 83.1 Å². The Labute approximate surface area is 195 Å². The molecule has 6 nitrogen and oxygen atoms in total. The second-order valence-corrected chi connectivity index (χ2v) is 9.12. The maximum absolute atomic E-state index is 12.4. The van der Waals surface area contributed by atoms with E-state index in [4.69, 9.17) is 23.8 Å². The van der Waals surface area contributed by atoms with Crippen LogP contribution in [0.1, 0.15) is 30.1 Å². The summed E-state index contributed by atoms with van der Waals surface area (Å²) in [5, 5.41) is 9.48. The molecule has 0 fully saturated rings. The van der Waals surface area contributed by atoms with Crippen molar-refractivity contribution < 1.29 is 9.59 Å². The van der Waals surface area contributed by atoms with Crippen LogP contribution >= 0.6 is 57.7 Å². The van der Waals surface area contributed by atoms with Crippen LogP contribution in [0.3, 0.4) is 0 Å². The number of carbonyl (C=O) groups is 2. The number of thiocarbonyl (C=S) groups is 1. The molecule has 3 aromatic rings. The van der Waals surface area contributed by atoms with E-state index in [0.29, 0.717) is 27.8 Å². The van der Waals surface area contributed by atoms with Crippen LogP contribution in [0.4, 0.5) is 10.8 Å². The lowest BCUT2D eigenvalue weighted by molar-refractivity contribution is -0.116. The standard InChI is InChI=1S/C19H16ClIN4O2S2/c1-2-3-16(26)24-19-23-14-7-5-11(9-15(14)29-19)22-18(28)25-17(27)12-8-10(21)4-6-13(12)20/h4-9H,2-3H2,1H3,(H,23,24,26)(H2,22,25,27,28). The predicted molar refractivity (Wildman–Crippen MR) is 131 cm³/mol. The summed E-state index contributed by atoms with van der Waals surface area (Å²) in [5.74, 6) is -0.436. The number of fused-ring (bicyclic) bond motifs is 1. The van der Waals surface area contributed by atoms with E-state index in [2.05, 4.69) is 43.5 Å². The Balaban J connectivity index is 1.67. The summed E-state index contributed by atoms with van der Waals surface area (Å²) in [5.41, 5.74) is 1.83. The molecule has 1 aromatic heterocycles. The van der Waals surface area contributed by atoms with Gasteiger partial charge in [0.2, 0.25) is 5.91 Å². The fourth-order valence-electron chi connectivity index (χ4n) is 2.47. The highest BCUT2D eigenvalue weighted by molar-refractivity contribution is 14.1. The maximum Gasteiger partial charge on any atom is 0.258 e. The van der Waals surface area contributed by atoms with Gasteiger partial charge in [0.05, 0.1) is 20.8 Å². The normalized spacial score (nSPS) is 10.6. The van der Waals surface area contributed by atoms with Crippen molar-refractivity contribution in [1.29, 1.82) is 0 Å². The summed E-state index contributed by atoms with van der Waals surface area (Å²) in [6.45, 7) is 1.95. The van der Waals surface area contributed by atoms with Gasteiger partial charge in [-0.2, -0.15) is 0 Å². The number of rotatable bonds is 5. The number of halogens is 2. The molecule has 3 N–H and O–H groups in total. The minimum atomic E-state index is -0.384. The first-order valence-corrected chi connectivity index (χ1v) is 11.3. The van der Waals surface area contributed by atoms with Crippen molar-refractivity contribution in [3.05, 3.63) is 50.6 Å². The molecule has 0 saturated heterocycles. The molecule has 3 rings (SSSR count). The van der Waals surface area contributed by atoms with Crippen LogP contribution in [0, 0.1) is 3.57 Å². The second kappa shape index (κ2) is 9.79. The Morgan fingerprint density at radius 1 is 1.21 bits per heavy atom. The van der Waals surface area contributed by atoms with E-state index in [0.717, 1.165) is 20.2 Å². The molecule has 0 aliphatic heterocycles. The molecule has 0 bridgehead atoms. The zero-order valence-electron chi connectivity index (χ0n) is 15.2. The zero-order chi connectivity index (χ0) is 21.0. The number of hydrogen-bond donors (Lipinski definition) is 3. The van der Waals surface area contributed by atoms with Crippen molar-refractivity contribution in [2.24, 2.45) is 0 Å². The van der Waals surface area contributed by atoms with E-state index in [1.807, 2.05) is 25.1 Å². The van der Waals surface area contributed by atoms with E-state index in [9.17, 15) is 9.59 Å². The highest BCUT2D eigenvalue weighted by Crippen LogP contribution is 2.28. The lowest BCUT2D eigenvalue weighted by Crippen LogP contribution is -2.34. The number of benzene rings is 2. The maximum atomic E-state index is 12.4. The van der Waals surface area contributed by atoms with Crippen LogP contribution in [0.5, 0.6) is 0 Å². The molecule has 2 amide bonds. The quantitative estimate of drug-likeness (QED) is 0.288. The Morgan fingerprint density at radius 2 is 2.00 bits per heavy atom. The van der Waals surface area contributed by atoms with Crippen LogP contribution < -0.4 is 16.0 Å². The van der Waals surface area contributed by atoms with Crippen molar-refractivity contribution in [2.75, 3.05) is 10.6 Å². The van der Waals surface area contributed by atoms with Crippen LogP contribution in [0.15, 0.2) is 36.4 Å². The molecule has 0 spiro atoms. The second-order valence-electron chi connectivity index (χ2n) is 6.03. The van der Waals surface area contributed by atoms with Gasteiger partial charge in [0.15, 0.2) is 10.2 Å². The molecule has 2 aromatic carbocycles. The predicted octanol–water partition coefficient (Wildman–Crippen LogP) is 5.42. The van der Waals surface area contributed by atoms with E-state index in [1.165, 1.54) is 11.3 Å². The lowest BCUT2D eigenvalue weighted by Gasteiger charge is -2.10. The van der Waals surface area contributed by atoms with Crippen molar-refractivity contribution in [2.45, 2.75) is 19.8 Å². The molecule has 0 saturated carbocycles. The number of carbonyl (C=O) groups excluding carboxylic acids is 2. The minimum Gasteiger partial charge on any atom is -0.332 e. The number of nitrogens with one attached hydrogen (secondary N) is 3. The number of nitrogens with zero attached hydrogens (tertiary/aromatic N) is 1. The largest absolute Gasteiger partial charge is 0.332 e. The Hall–Kier alpha value is -1.82. The number of hydrogen-bond acceptors (Lipinski definition) is 5. The van der Waals surface area contributed by atoms with Crippen molar-refractivity contribution in [3.8, 4) is 0 Å².